The lowest BCUT2D eigenvalue weighted by molar-refractivity contribution is 0.143. The molecular formula is C14H28N6O. The summed E-state index contributed by atoms with van der Waals surface area (Å²) in [6.45, 7) is 6.77. The Bertz CT molecular complexity index is 312. The molecule has 0 aromatic heterocycles. The molecule has 0 aromatic carbocycles. The Morgan fingerprint density at radius 1 is 0.810 bits per heavy atom. The first-order valence-electron chi connectivity index (χ1n) is 8.07. The van der Waals surface area contributed by atoms with Crippen LogP contribution in [0.3, 0.4) is 0 Å². The summed E-state index contributed by atoms with van der Waals surface area (Å²) in [5, 5.41) is 13.1. The molecule has 120 valence electrons. The van der Waals surface area contributed by atoms with Crippen LogP contribution < -0.4 is 21.3 Å². The van der Waals surface area contributed by atoms with Crippen LogP contribution in [0.4, 0.5) is 0 Å². The maximum Gasteiger partial charge on any atom is 0.191 e. The van der Waals surface area contributed by atoms with Crippen molar-refractivity contribution in [3.8, 4) is 0 Å². The summed E-state index contributed by atoms with van der Waals surface area (Å²) in [7, 11) is 0. The first-order chi connectivity index (χ1) is 10.4. The molecule has 0 bridgehead atoms. The maximum atomic E-state index is 5.59. The second-order valence-electron chi connectivity index (χ2n) is 5.19. The molecule has 0 spiro atoms. The molecule has 0 saturated heterocycles. The van der Waals surface area contributed by atoms with Crippen LogP contribution in [-0.2, 0) is 4.74 Å². The molecule has 0 saturated carbocycles. The second kappa shape index (κ2) is 10.3. The monoisotopic (exact) mass is 296 g/mol. The largest absolute Gasteiger partial charge is 0.378 e. The van der Waals surface area contributed by atoms with Crippen LogP contribution in [0.5, 0.6) is 0 Å². The molecule has 0 fully saturated rings. The zero-order valence-electron chi connectivity index (χ0n) is 12.8. The standard InChI is InChI=1S/C14H28N6O/c1-2-6-16-13(15-5-1)19-9-11-21-12-10-20-14-17-7-3-4-8-18-14/h1-12H2,(H2,15,16,19)(H2,17,18,20). The molecule has 0 aromatic rings. The molecule has 4 N–H and O–H groups in total. The van der Waals surface area contributed by atoms with Gasteiger partial charge in [-0.2, -0.15) is 0 Å². The highest BCUT2D eigenvalue weighted by Gasteiger charge is 2.02. The molecule has 0 aliphatic carbocycles. The normalized spacial score (nSPS) is 19.2. The van der Waals surface area contributed by atoms with Gasteiger partial charge in [-0.25, -0.2) is 0 Å². The van der Waals surface area contributed by atoms with Crippen molar-refractivity contribution in [1.82, 2.24) is 21.3 Å². The smallest absolute Gasteiger partial charge is 0.191 e. The topological polar surface area (TPSA) is 82.1 Å². The van der Waals surface area contributed by atoms with Gasteiger partial charge in [-0.15, -0.1) is 0 Å². The van der Waals surface area contributed by atoms with E-state index in [1.165, 1.54) is 12.8 Å². The predicted octanol–water partition coefficient (Wildman–Crippen LogP) is -0.339. The number of hydrogen-bond acceptors (Lipinski definition) is 7. The molecule has 0 atom stereocenters. The quantitative estimate of drug-likeness (QED) is 0.504. The van der Waals surface area contributed by atoms with E-state index in [1.807, 2.05) is 0 Å². The van der Waals surface area contributed by atoms with Crippen molar-refractivity contribution in [3.63, 3.8) is 0 Å². The molecule has 2 heterocycles. The van der Waals surface area contributed by atoms with Gasteiger partial charge in [0.05, 0.1) is 13.2 Å². The van der Waals surface area contributed by atoms with Gasteiger partial charge in [0.1, 0.15) is 0 Å². The van der Waals surface area contributed by atoms with Gasteiger partial charge in [0.15, 0.2) is 11.9 Å². The van der Waals surface area contributed by atoms with Gasteiger partial charge < -0.3 is 26.0 Å². The minimum Gasteiger partial charge on any atom is -0.378 e. The predicted molar refractivity (Wildman–Crippen MR) is 85.9 cm³/mol. The summed E-state index contributed by atoms with van der Waals surface area (Å²) in [5.74, 6) is 1.82. The zero-order valence-corrected chi connectivity index (χ0v) is 12.8. The van der Waals surface area contributed by atoms with E-state index in [9.17, 15) is 0 Å². The van der Waals surface area contributed by atoms with Crippen molar-refractivity contribution in [2.24, 2.45) is 9.98 Å². The molecule has 21 heavy (non-hydrogen) atoms. The number of nitrogens with one attached hydrogen (secondary N) is 4. The Balaban J connectivity index is 1.44. The number of guanidine groups is 2. The third kappa shape index (κ3) is 7.17. The van der Waals surface area contributed by atoms with Crippen LogP contribution in [-0.4, -0.2) is 64.4 Å². The van der Waals surface area contributed by atoms with E-state index in [2.05, 4.69) is 31.3 Å². The van der Waals surface area contributed by atoms with E-state index in [0.29, 0.717) is 13.2 Å². The van der Waals surface area contributed by atoms with E-state index in [4.69, 9.17) is 4.74 Å². The van der Waals surface area contributed by atoms with Crippen molar-refractivity contribution < 1.29 is 4.74 Å². The number of rotatable bonds is 6. The molecule has 2 aliphatic rings. The maximum absolute atomic E-state index is 5.59. The minimum atomic E-state index is 0.683. The lowest BCUT2D eigenvalue weighted by atomic mass is 10.3. The lowest BCUT2D eigenvalue weighted by Gasteiger charge is -2.12. The van der Waals surface area contributed by atoms with Crippen LogP contribution in [0, 0.1) is 0 Å². The number of nitrogens with zero attached hydrogens (tertiary/aromatic N) is 2. The van der Waals surface area contributed by atoms with Gasteiger partial charge in [-0.05, 0) is 25.7 Å². The summed E-state index contributed by atoms with van der Waals surface area (Å²) < 4.78 is 5.59. The van der Waals surface area contributed by atoms with Gasteiger partial charge in [0.2, 0.25) is 0 Å². The van der Waals surface area contributed by atoms with Crippen LogP contribution >= 0.6 is 0 Å². The molecule has 0 radical (unpaired) electrons. The van der Waals surface area contributed by atoms with Gasteiger partial charge in [-0.3, -0.25) is 9.98 Å². The summed E-state index contributed by atoms with van der Waals surface area (Å²) in [4.78, 5) is 8.86. The van der Waals surface area contributed by atoms with E-state index in [0.717, 1.165) is 64.0 Å². The minimum absolute atomic E-state index is 0.683. The SMILES string of the molecule is C1CCNC(NCCOCCNC2=NCCCCN2)=NC1. The van der Waals surface area contributed by atoms with Crippen molar-refractivity contribution in [2.45, 2.75) is 25.7 Å². The molecule has 0 amide bonds. The van der Waals surface area contributed by atoms with Crippen molar-refractivity contribution in [2.75, 3.05) is 52.5 Å². The zero-order chi connectivity index (χ0) is 14.6. The first-order valence-corrected chi connectivity index (χ1v) is 8.07. The van der Waals surface area contributed by atoms with Crippen LogP contribution in [0.1, 0.15) is 25.7 Å². The first kappa shape index (κ1) is 15.9. The second-order valence-corrected chi connectivity index (χ2v) is 5.19. The lowest BCUT2D eigenvalue weighted by Crippen LogP contribution is -2.40. The Hall–Kier alpha value is -1.50. The third-order valence-electron chi connectivity index (χ3n) is 3.37. The molecular weight excluding hydrogens is 268 g/mol. The summed E-state index contributed by atoms with van der Waals surface area (Å²) in [5.41, 5.74) is 0. The average Bonchev–Trinajstić information content (AvgIpc) is 2.91. The van der Waals surface area contributed by atoms with Crippen LogP contribution in [0.25, 0.3) is 0 Å². The van der Waals surface area contributed by atoms with Crippen LogP contribution in [0.2, 0.25) is 0 Å². The highest BCUT2D eigenvalue weighted by atomic mass is 16.5. The molecule has 0 unspecified atom stereocenters. The number of aliphatic imine (C=N–C) groups is 2. The molecule has 7 nitrogen and oxygen atoms in total. The fourth-order valence-electron chi connectivity index (χ4n) is 2.20. The van der Waals surface area contributed by atoms with E-state index in [1.54, 1.807) is 0 Å². The number of ether oxygens (including phenoxy) is 1. The molecule has 2 rings (SSSR count). The Kier molecular flexibility index (Phi) is 7.76. The fourth-order valence-corrected chi connectivity index (χ4v) is 2.20. The van der Waals surface area contributed by atoms with Gasteiger partial charge in [0, 0.05) is 39.3 Å². The van der Waals surface area contributed by atoms with E-state index < -0.39 is 0 Å². The summed E-state index contributed by atoms with van der Waals surface area (Å²) in [6, 6.07) is 0. The van der Waals surface area contributed by atoms with Crippen LogP contribution in [0.15, 0.2) is 9.98 Å². The van der Waals surface area contributed by atoms with Crippen molar-refractivity contribution in [1.29, 1.82) is 0 Å². The molecule has 2 aliphatic heterocycles. The summed E-state index contributed by atoms with van der Waals surface area (Å²) in [6.07, 6.45) is 4.71. The van der Waals surface area contributed by atoms with Gasteiger partial charge in [0.25, 0.3) is 0 Å². The summed E-state index contributed by atoms with van der Waals surface area (Å²) >= 11 is 0. The number of hydrogen-bond donors (Lipinski definition) is 4. The Labute approximate surface area is 127 Å². The van der Waals surface area contributed by atoms with E-state index >= 15 is 0 Å². The third-order valence-corrected chi connectivity index (χ3v) is 3.37. The highest BCUT2D eigenvalue weighted by Crippen LogP contribution is 1.93. The van der Waals surface area contributed by atoms with Gasteiger partial charge in [-0.1, -0.05) is 0 Å². The molecule has 7 heteroatoms. The van der Waals surface area contributed by atoms with E-state index in [-0.39, 0.29) is 0 Å². The average molecular weight is 296 g/mol. The Morgan fingerprint density at radius 2 is 1.33 bits per heavy atom. The Morgan fingerprint density at radius 3 is 1.86 bits per heavy atom. The fraction of sp³-hybridized carbons (Fsp3) is 0.857. The van der Waals surface area contributed by atoms with Gasteiger partial charge >= 0.3 is 0 Å². The van der Waals surface area contributed by atoms with Crippen molar-refractivity contribution in [3.05, 3.63) is 0 Å². The van der Waals surface area contributed by atoms with Crippen molar-refractivity contribution >= 4 is 11.9 Å². The highest BCUT2D eigenvalue weighted by molar-refractivity contribution is 5.80.